The smallest absolute Gasteiger partial charge is 0.225 e. The van der Waals surface area contributed by atoms with Crippen molar-refractivity contribution in [1.82, 2.24) is 4.90 Å². The van der Waals surface area contributed by atoms with Crippen molar-refractivity contribution in [2.24, 2.45) is 5.92 Å². The zero-order valence-electron chi connectivity index (χ0n) is 7.74. The van der Waals surface area contributed by atoms with E-state index in [0.29, 0.717) is 24.0 Å². The van der Waals surface area contributed by atoms with Crippen molar-refractivity contribution >= 4 is 5.91 Å². The molecule has 2 unspecified atom stereocenters. The zero-order chi connectivity index (χ0) is 8.84. The van der Waals surface area contributed by atoms with Gasteiger partial charge >= 0.3 is 0 Å². The standard InChI is InChI=1S/C10H15NO2/c12-10(7-2-1-3-7)11-5-4-8-9(6-11)13-8/h7-9H,1-6H2. The lowest BCUT2D eigenvalue weighted by Crippen LogP contribution is -2.44. The summed E-state index contributed by atoms with van der Waals surface area (Å²) < 4.78 is 5.40. The highest BCUT2D eigenvalue weighted by molar-refractivity contribution is 5.79. The summed E-state index contributed by atoms with van der Waals surface area (Å²) in [5.41, 5.74) is 0. The van der Waals surface area contributed by atoms with Gasteiger partial charge in [-0.1, -0.05) is 6.42 Å². The molecule has 0 spiro atoms. The Balaban J connectivity index is 1.60. The molecule has 0 bridgehead atoms. The van der Waals surface area contributed by atoms with Crippen LogP contribution in [0.5, 0.6) is 0 Å². The van der Waals surface area contributed by atoms with Crippen molar-refractivity contribution in [3.8, 4) is 0 Å². The van der Waals surface area contributed by atoms with Crippen LogP contribution in [-0.2, 0) is 9.53 Å². The molecular weight excluding hydrogens is 166 g/mol. The second-order valence-electron chi connectivity index (χ2n) is 4.41. The lowest BCUT2D eigenvalue weighted by molar-refractivity contribution is -0.138. The van der Waals surface area contributed by atoms with Gasteiger partial charge in [0.25, 0.3) is 0 Å². The summed E-state index contributed by atoms with van der Waals surface area (Å²) in [6.45, 7) is 1.79. The lowest BCUT2D eigenvalue weighted by Gasteiger charge is -2.32. The van der Waals surface area contributed by atoms with Gasteiger partial charge in [0.05, 0.1) is 6.10 Å². The van der Waals surface area contributed by atoms with Gasteiger partial charge in [-0.05, 0) is 19.3 Å². The average molecular weight is 181 g/mol. The van der Waals surface area contributed by atoms with E-state index in [9.17, 15) is 4.79 Å². The highest BCUT2D eigenvalue weighted by atomic mass is 16.6. The van der Waals surface area contributed by atoms with Crippen molar-refractivity contribution < 1.29 is 9.53 Å². The van der Waals surface area contributed by atoms with Crippen LogP contribution < -0.4 is 0 Å². The molecule has 2 atom stereocenters. The van der Waals surface area contributed by atoms with Crippen LogP contribution in [0, 0.1) is 5.92 Å². The summed E-state index contributed by atoms with van der Waals surface area (Å²) in [4.78, 5) is 13.8. The highest BCUT2D eigenvalue weighted by Crippen LogP contribution is 2.34. The Bertz CT molecular complexity index is 237. The van der Waals surface area contributed by atoms with Crippen molar-refractivity contribution in [3.63, 3.8) is 0 Å². The van der Waals surface area contributed by atoms with E-state index in [4.69, 9.17) is 4.74 Å². The molecule has 0 radical (unpaired) electrons. The maximum Gasteiger partial charge on any atom is 0.225 e. The van der Waals surface area contributed by atoms with Crippen molar-refractivity contribution in [1.29, 1.82) is 0 Å². The number of carbonyl (C=O) groups is 1. The fourth-order valence-electron chi connectivity index (χ4n) is 2.30. The summed E-state index contributed by atoms with van der Waals surface area (Å²) >= 11 is 0. The molecule has 0 aromatic heterocycles. The average Bonchev–Trinajstić information content (AvgIpc) is 2.77. The Morgan fingerprint density at radius 1 is 1.23 bits per heavy atom. The monoisotopic (exact) mass is 181 g/mol. The molecule has 1 aliphatic carbocycles. The molecule has 2 aliphatic heterocycles. The molecule has 3 nitrogen and oxygen atoms in total. The van der Waals surface area contributed by atoms with Crippen LogP contribution >= 0.6 is 0 Å². The molecule has 72 valence electrons. The number of hydrogen-bond acceptors (Lipinski definition) is 2. The van der Waals surface area contributed by atoms with Gasteiger partial charge < -0.3 is 9.64 Å². The van der Waals surface area contributed by atoms with E-state index in [1.165, 1.54) is 6.42 Å². The first kappa shape index (κ1) is 7.80. The first-order chi connectivity index (χ1) is 6.34. The molecule has 0 aromatic carbocycles. The first-order valence-electron chi connectivity index (χ1n) is 5.29. The largest absolute Gasteiger partial charge is 0.368 e. The summed E-state index contributed by atoms with van der Waals surface area (Å²) in [6.07, 6.45) is 5.41. The van der Waals surface area contributed by atoms with Crippen LogP contribution in [0.2, 0.25) is 0 Å². The van der Waals surface area contributed by atoms with Crippen LogP contribution in [0.4, 0.5) is 0 Å². The minimum atomic E-state index is 0.357. The van der Waals surface area contributed by atoms with Gasteiger partial charge in [-0.15, -0.1) is 0 Å². The van der Waals surface area contributed by atoms with Gasteiger partial charge in [0.15, 0.2) is 0 Å². The second-order valence-corrected chi connectivity index (χ2v) is 4.41. The van der Waals surface area contributed by atoms with E-state index in [-0.39, 0.29) is 0 Å². The van der Waals surface area contributed by atoms with Crippen LogP contribution in [0.15, 0.2) is 0 Å². The molecule has 0 N–H and O–H groups in total. The van der Waals surface area contributed by atoms with E-state index < -0.39 is 0 Å². The maximum absolute atomic E-state index is 11.8. The predicted octanol–water partition coefficient (Wildman–Crippen LogP) is 0.786. The van der Waals surface area contributed by atoms with Crippen molar-refractivity contribution in [2.45, 2.75) is 37.9 Å². The number of piperidine rings is 1. The highest BCUT2D eigenvalue weighted by Gasteiger charge is 2.45. The van der Waals surface area contributed by atoms with E-state index in [0.717, 1.165) is 32.4 Å². The number of nitrogens with zero attached hydrogens (tertiary/aromatic N) is 1. The fourth-order valence-corrected chi connectivity index (χ4v) is 2.30. The van der Waals surface area contributed by atoms with Crippen LogP contribution in [0.3, 0.4) is 0 Å². The molecule has 3 rings (SSSR count). The first-order valence-corrected chi connectivity index (χ1v) is 5.29. The molecule has 2 saturated heterocycles. The third kappa shape index (κ3) is 1.26. The number of likely N-dealkylation sites (tertiary alicyclic amines) is 1. The molecule has 3 heteroatoms. The quantitative estimate of drug-likeness (QED) is 0.560. The second kappa shape index (κ2) is 2.71. The van der Waals surface area contributed by atoms with Gasteiger partial charge in [-0.3, -0.25) is 4.79 Å². The molecule has 13 heavy (non-hydrogen) atoms. The van der Waals surface area contributed by atoms with Crippen molar-refractivity contribution in [3.05, 3.63) is 0 Å². The van der Waals surface area contributed by atoms with Crippen LogP contribution in [-0.4, -0.2) is 36.1 Å². The summed E-state index contributed by atoms with van der Waals surface area (Å²) in [5, 5.41) is 0. The van der Waals surface area contributed by atoms with Crippen LogP contribution in [0.1, 0.15) is 25.7 Å². The molecular formula is C10H15NO2. The maximum atomic E-state index is 11.8. The third-order valence-corrected chi connectivity index (χ3v) is 3.54. The van der Waals surface area contributed by atoms with Gasteiger partial charge in [-0.2, -0.15) is 0 Å². The van der Waals surface area contributed by atoms with E-state index in [1.807, 2.05) is 4.90 Å². The third-order valence-electron chi connectivity index (χ3n) is 3.54. The summed E-state index contributed by atoms with van der Waals surface area (Å²) in [7, 11) is 0. The van der Waals surface area contributed by atoms with Gasteiger partial charge in [0.1, 0.15) is 6.10 Å². The van der Waals surface area contributed by atoms with E-state index in [2.05, 4.69) is 0 Å². The molecule has 1 amide bonds. The fraction of sp³-hybridized carbons (Fsp3) is 0.900. The zero-order valence-corrected chi connectivity index (χ0v) is 7.74. The Kier molecular flexibility index (Phi) is 1.62. The minimum absolute atomic E-state index is 0.357. The van der Waals surface area contributed by atoms with E-state index in [1.54, 1.807) is 0 Å². The molecule has 1 saturated carbocycles. The van der Waals surface area contributed by atoms with Crippen molar-refractivity contribution in [2.75, 3.05) is 13.1 Å². The SMILES string of the molecule is O=C(C1CCC1)N1CCC2OC2C1. The Morgan fingerprint density at radius 3 is 2.69 bits per heavy atom. The van der Waals surface area contributed by atoms with Gasteiger partial charge in [-0.25, -0.2) is 0 Å². The van der Waals surface area contributed by atoms with Crippen LogP contribution in [0.25, 0.3) is 0 Å². The molecule has 0 aromatic rings. The number of fused-ring (bicyclic) bond motifs is 1. The Labute approximate surface area is 78.0 Å². The normalized spacial score (nSPS) is 38.0. The number of carbonyl (C=O) groups excluding carboxylic acids is 1. The minimum Gasteiger partial charge on any atom is -0.368 e. The molecule has 3 aliphatic rings. The number of rotatable bonds is 1. The van der Waals surface area contributed by atoms with Gasteiger partial charge in [0.2, 0.25) is 5.91 Å². The summed E-state index contributed by atoms with van der Waals surface area (Å²) in [6, 6.07) is 0. The Hall–Kier alpha value is -0.570. The predicted molar refractivity (Wildman–Crippen MR) is 47.2 cm³/mol. The number of hydrogen-bond donors (Lipinski definition) is 0. The molecule has 2 heterocycles. The number of epoxide rings is 1. The lowest BCUT2D eigenvalue weighted by atomic mass is 9.84. The van der Waals surface area contributed by atoms with Gasteiger partial charge in [0, 0.05) is 19.0 Å². The number of ether oxygens (including phenoxy) is 1. The topological polar surface area (TPSA) is 32.8 Å². The summed E-state index contributed by atoms with van der Waals surface area (Å²) in [5.74, 6) is 0.746. The Morgan fingerprint density at radius 2 is 2.08 bits per heavy atom. The molecule has 3 fully saturated rings. The van der Waals surface area contributed by atoms with E-state index >= 15 is 0 Å². The number of amides is 1.